The summed E-state index contributed by atoms with van der Waals surface area (Å²) in [7, 11) is -8.21. The van der Waals surface area contributed by atoms with Gasteiger partial charge in [-0.1, -0.05) is 24.3 Å². The Morgan fingerprint density at radius 1 is 1.14 bits per heavy atom. The van der Waals surface area contributed by atoms with E-state index in [0.29, 0.717) is 32.1 Å². The molecule has 0 spiro atoms. The Morgan fingerprint density at radius 3 is 2.44 bits per heavy atom. The van der Waals surface area contributed by atoms with Crippen LogP contribution in [0, 0.1) is 22.0 Å². The number of likely N-dealkylation sites (tertiary alicyclic amines) is 1. The number of hydrogen-bond acceptors (Lipinski definition) is 11. The van der Waals surface area contributed by atoms with E-state index in [9.17, 15) is 46.1 Å². The second kappa shape index (κ2) is 15.4. The highest BCUT2D eigenvalue weighted by Gasteiger charge is 2.45. The number of para-hydroxylation sites is 1. The molecule has 19 heteroatoms. The van der Waals surface area contributed by atoms with Crippen molar-refractivity contribution in [3.8, 4) is 0 Å². The zero-order valence-electron chi connectivity index (χ0n) is 28.1. The van der Waals surface area contributed by atoms with Gasteiger partial charge in [-0.2, -0.15) is 4.31 Å². The topological polar surface area (TPSA) is 245 Å². The van der Waals surface area contributed by atoms with E-state index >= 15 is 0 Å². The molecular weight excluding hydrogens is 697 g/mol. The second-order valence-electron chi connectivity index (χ2n) is 13.7. The summed E-state index contributed by atoms with van der Waals surface area (Å²) in [5.41, 5.74) is 3.97. The molecule has 1 heterocycles. The maximum atomic E-state index is 13.9. The summed E-state index contributed by atoms with van der Waals surface area (Å²) in [4.78, 5) is 62.5. The highest BCUT2D eigenvalue weighted by atomic mass is 32.2. The minimum atomic E-state index is -4.50. The number of sulfonamides is 2. The molecule has 1 aliphatic heterocycles. The van der Waals surface area contributed by atoms with Crippen LogP contribution >= 0.6 is 0 Å². The molecule has 17 nitrogen and oxygen atoms in total. The highest BCUT2D eigenvalue weighted by Crippen LogP contribution is 2.40. The van der Waals surface area contributed by atoms with Gasteiger partial charge in [0, 0.05) is 31.6 Å². The van der Waals surface area contributed by atoms with Crippen molar-refractivity contribution in [1.29, 1.82) is 0 Å². The third-order valence-electron chi connectivity index (χ3n) is 8.51. The smallest absolute Gasteiger partial charge is 0.408 e. The fraction of sp³-hybridized carbons (Fsp3) is 0.613. The molecule has 2 saturated carbocycles. The van der Waals surface area contributed by atoms with Gasteiger partial charge in [-0.3, -0.25) is 29.2 Å². The van der Waals surface area contributed by atoms with E-state index in [2.05, 4.69) is 10.0 Å². The number of carbonyl (C=O) groups excluding carboxylic acids is 4. The minimum absolute atomic E-state index is 0.0114. The van der Waals surface area contributed by atoms with Crippen LogP contribution in [0.1, 0.15) is 65.7 Å². The first-order chi connectivity index (χ1) is 23.3. The van der Waals surface area contributed by atoms with Gasteiger partial charge in [0.2, 0.25) is 37.8 Å². The number of carbonyl (C=O) groups is 4. The van der Waals surface area contributed by atoms with Crippen LogP contribution in [-0.2, 0) is 39.2 Å². The van der Waals surface area contributed by atoms with Crippen LogP contribution < -0.4 is 15.8 Å². The first kappa shape index (κ1) is 38.7. The van der Waals surface area contributed by atoms with Gasteiger partial charge in [0.05, 0.1) is 10.2 Å². The zero-order valence-corrected chi connectivity index (χ0v) is 29.8. The third-order valence-corrected chi connectivity index (χ3v) is 12.3. The molecule has 0 aromatic heterocycles. The standard InChI is InChI=1S/C31H44N6O11S2/c1-31(2,3)48-30(41)33-23(29(40)36-18-8-12-25(36)27(32)38)10-7-17-35(50(46,47)26-13-5-4-11-24(26)37(42)43)16-6-9-20-19-22(20)28(39)34-49(44,45)21-14-15-21/h4-6,9,11,13,20-23,25H,7-8,10,12,14-19H2,1-3H3,(H2,32,38)(H,33,41)(H,34,39)/b9-6-/t20-,22+,23+,25?/m1/s1. The summed E-state index contributed by atoms with van der Waals surface area (Å²) in [6.07, 6.45) is 4.33. The van der Waals surface area contributed by atoms with Crippen molar-refractivity contribution in [3.63, 3.8) is 0 Å². The predicted molar refractivity (Wildman–Crippen MR) is 179 cm³/mol. The van der Waals surface area contributed by atoms with Gasteiger partial charge in [-0.05, 0) is 77.7 Å². The molecule has 2 aliphatic carbocycles. The van der Waals surface area contributed by atoms with E-state index in [1.165, 1.54) is 23.1 Å². The normalized spacial score (nSPS) is 21.5. The summed E-state index contributed by atoms with van der Waals surface area (Å²) in [5, 5.41) is 13.7. The van der Waals surface area contributed by atoms with Crippen LogP contribution in [0.15, 0.2) is 41.3 Å². The van der Waals surface area contributed by atoms with Crippen LogP contribution in [0.25, 0.3) is 0 Å². The van der Waals surface area contributed by atoms with Gasteiger partial charge in [-0.15, -0.1) is 0 Å². The minimum Gasteiger partial charge on any atom is -0.444 e. The molecule has 1 saturated heterocycles. The number of nitro groups is 1. The summed E-state index contributed by atoms with van der Waals surface area (Å²) in [6.45, 7) is 4.63. The Hall–Kier alpha value is -4.10. The van der Waals surface area contributed by atoms with E-state index in [1.54, 1.807) is 26.8 Å². The molecule has 3 aliphatic rings. The number of allylic oxidation sites excluding steroid dienone is 1. The maximum absolute atomic E-state index is 13.9. The average molecular weight is 741 g/mol. The van der Waals surface area contributed by atoms with Gasteiger partial charge in [-0.25, -0.2) is 21.6 Å². The monoisotopic (exact) mass is 740 g/mol. The second-order valence-corrected chi connectivity index (χ2v) is 17.5. The number of nitrogens with two attached hydrogens (primary N) is 1. The van der Waals surface area contributed by atoms with Crippen molar-refractivity contribution < 1.29 is 45.7 Å². The van der Waals surface area contributed by atoms with Crippen molar-refractivity contribution in [1.82, 2.24) is 19.2 Å². The first-order valence-corrected chi connectivity index (χ1v) is 19.4. The van der Waals surface area contributed by atoms with Gasteiger partial charge in [0.1, 0.15) is 17.7 Å². The SMILES string of the molecule is CC(C)(C)OC(=O)N[C@@H](CCCN(C/C=C\[C@@H]1C[C@@H]1C(=O)NS(=O)(=O)C1CC1)S(=O)(=O)c1ccccc1[N+](=O)[O-])C(=O)N1CCCC1C(N)=O. The largest absolute Gasteiger partial charge is 0.444 e. The summed E-state index contributed by atoms with van der Waals surface area (Å²) >= 11 is 0. The molecule has 1 aromatic carbocycles. The molecule has 1 aromatic rings. The molecular formula is C31H44N6O11S2. The number of nitro benzene ring substituents is 1. The van der Waals surface area contributed by atoms with Crippen molar-refractivity contribution >= 4 is 49.5 Å². The Balaban J connectivity index is 1.51. The van der Waals surface area contributed by atoms with Crippen LogP contribution in [0.3, 0.4) is 0 Å². The van der Waals surface area contributed by atoms with Crippen LogP contribution in [0.4, 0.5) is 10.5 Å². The average Bonchev–Trinajstić information content (AvgIpc) is 3.95. The number of hydrogen-bond donors (Lipinski definition) is 3. The van der Waals surface area contributed by atoms with Crippen molar-refractivity contribution in [2.45, 2.75) is 93.5 Å². The molecule has 0 bridgehead atoms. The molecule has 4 atom stereocenters. The molecule has 50 heavy (non-hydrogen) atoms. The predicted octanol–water partition coefficient (Wildman–Crippen LogP) is 1.54. The van der Waals surface area contributed by atoms with E-state index < -0.39 is 88.2 Å². The molecule has 4 amide bonds. The number of nitrogens with zero attached hydrogens (tertiary/aromatic N) is 3. The lowest BCUT2D eigenvalue weighted by atomic mass is 10.1. The lowest BCUT2D eigenvalue weighted by molar-refractivity contribution is -0.387. The van der Waals surface area contributed by atoms with E-state index in [-0.39, 0.29) is 38.4 Å². The molecule has 276 valence electrons. The fourth-order valence-corrected chi connectivity index (χ4v) is 8.68. The van der Waals surface area contributed by atoms with E-state index in [4.69, 9.17) is 10.5 Å². The number of benzene rings is 1. The molecule has 4 N–H and O–H groups in total. The number of amides is 4. The Kier molecular flexibility index (Phi) is 11.9. The van der Waals surface area contributed by atoms with E-state index in [0.717, 1.165) is 16.4 Å². The molecule has 3 fully saturated rings. The van der Waals surface area contributed by atoms with Gasteiger partial charge < -0.3 is 20.7 Å². The first-order valence-electron chi connectivity index (χ1n) is 16.4. The summed E-state index contributed by atoms with van der Waals surface area (Å²) in [6, 6.07) is 2.77. The number of ether oxygens (including phenoxy) is 1. The number of nitrogens with one attached hydrogen (secondary N) is 2. The van der Waals surface area contributed by atoms with Crippen molar-refractivity contribution in [2.24, 2.45) is 17.6 Å². The quantitative estimate of drug-likeness (QED) is 0.125. The lowest BCUT2D eigenvalue weighted by Crippen LogP contribution is -2.53. The molecule has 0 radical (unpaired) electrons. The zero-order chi connectivity index (χ0) is 37.0. The molecule has 1 unspecified atom stereocenters. The Bertz CT molecular complexity index is 1740. The van der Waals surface area contributed by atoms with Crippen molar-refractivity contribution in [2.75, 3.05) is 19.6 Å². The van der Waals surface area contributed by atoms with Crippen molar-refractivity contribution in [3.05, 3.63) is 46.5 Å². The number of alkyl carbamates (subject to hydrolysis) is 1. The maximum Gasteiger partial charge on any atom is 0.408 e. The van der Waals surface area contributed by atoms with Gasteiger partial charge in [0.15, 0.2) is 4.90 Å². The lowest BCUT2D eigenvalue weighted by Gasteiger charge is -2.29. The highest BCUT2D eigenvalue weighted by molar-refractivity contribution is 7.91. The number of primary amides is 1. The Morgan fingerprint density at radius 2 is 1.82 bits per heavy atom. The number of rotatable bonds is 16. The van der Waals surface area contributed by atoms with Crippen LogP contribution in [0.2, 0.25) is 0 Å². The van der Waals surface area contributed by atoms with E-state index in [1.807, 2.05) is 0 Å². The summed E-state index contributed by atoms with van der Waals surface area (Å²) in [5.74, 6) is -2.84. The Labute approximate surface area is 291 Å². The fourth-order valence-electron chi connectivity index (χ4n) is 5.74. The van der Waals surface area contributed by atoms with Crippen LogP contribution in [0.5, 0.6) is 0 Å². The summed E-state index contributed by atoms with van der Waals surface area (Å²) < 4.78 is 60.4. The molecule has 4 rings (SSSR count). The van der Waals surface area contributed by atoms with Crippen LogP contribution in [-0.4, -0.2) is 97.3 Å². The van der Waals surface area contributed by atoms with Gasteiger partial charge in [0.25, 0.3) is 5.69 Å². The third kappa shape index (κ3) is 10.00. The van der Waals surface area contributed by atoms with Gasteiger partial charge >= 0.3 is 6.09 Å².